The molecule has 5 nitrogen and oxygen atoms in total. The second-order valence-corrected chi connectivity index (χ2v) is 8.25. The molecule has 0 bridgehead atoms. The van der Waals surface area contributed by atoms with E-state index in [1.54, 1.807) is 18.2 Å². The van der Waals surface area contributed by atoms with E-state index < -0.39 is 15.8 Å². The van der Waals surface area contributed by atoms with E-state index in [2.05, 4.69) is 5.32 Å². The molecule has 0 aliphatic heterocycles. The first-order chi connectivity index (χ1) is 12.1. The first-order valence-electron chi connectivity index (χ1n) is 8.26. The van der Waals surface area contributed by atoms with E-state index in [0.29, 0.717) is 17.8 Å². The van der Waals surface area contributed by atoms with Gasteiger partial charge in [0.1, 0.15) is 5.82 Å². The molecule has 2 rings (SSSR count). The SMILES string of the molecule is Cc1cc(C)cc(N(CCCC(=O)Nc2cccc(F)c2)S(C)(=O)=O)c1. The van der Waals surface area contributed by atoms with Crippen molar-refractivity contribution >= 4 is 27.3 Å². The third kappa shape index (κ3) is 5.84. The molecule has 0 atom stereocenters. The molecule has 0 heterocycles. The van der Waals surface area contributed by atoms with Gasteiger partial charge in [-0.3, -0.25) is 9.10 Å². The Balaban J connectivity index is 2.00. The second kappa shape index (κ2) is 8.31. The molecule has 2 aromatic carbocycles. The van der Waals surface area contributed by atoms with E-state index in [9.17, 15) is 17.6 Å². The van der Waals surface area contributed by atoms with Crippen LogP contribution in [0.5, 0.6) is 0 Å². The maximum absolute atomic E-state index is 13.1. The van der Waals surface area contributed by atoms with Gasteiger partial charge in [0, 0.05) is 18.7 Å². The summed E-state index contributed by atoms with van der Waals surface area (Å²) >= 11 is 0. The Hall–Kier alpha value is -2.41. The van der Waals surface area contributed by atoms with Gasteiger partial charge < -0.3 is 5.32 Å². The van der Waals surface area contributed by atoms with Crippen molar-refractivity contribution in [3.8, 4) is 0 Å². The summed E-state index contributed by atoms with van der Waals surface area (Å²) in [7, 11) is -3.46. The molecule has 1 amide bonds. The van der Waals surface area contributed by atoms with Gasteiger partial charge in [0.2, 0.25) is 15.9 Å². The van der Waals surface area contributed by atoms with Gasteiger partial charge in [0.15, 0.2) is 0 Å². The van der Waals surface area contributed by atoms with Crippen LogP contribution in [0.3, 0.4) is 0 Å². The summed E-state index contributed by atoms with van der Waals surface area (Å²) in [4.78, 5) is 12.0. The van der Waals surface area contributed by atoms with Crippen LogP contribution in [-0.4, -0.2) is 27.1 Å². The number of benzene rings is 2. The molecule has 0 unspecified atom stereocenters. The van der Waals surface area contributed by atoms with Crippen LogP contribution >= 0.6 is 0 Å². The number of sulfonamides is 1. The van der Waals surface area contributed by atoms with Gasteiger partial charge in [-0.2, -0.15) is 0 Å². The Kier molecular flexibility index (Phi) is 6.37. The number of rotatable bonds is 7. The highest BCUT2D eigenvalue weighted by atomic mass is 32.2. The quantitative estimate of drug-likeness (QED) is 0.800. The summed E-state index contributed by atoms with van der Waals surface area (Å²) in [5.41, 5.74) is 2.91. The third-order valence-electron chi connectivity index (χ3n) is 3.77. The van der Waals surface area contributed by atoms with Crippen LogP contribution < -0.4 is 9.62 Å². The Labute approximate surface area is 153 Å². The largest absolute Gasteiger partial charge is 0.326 e. The van der Waals surface area contributed by atoms with Crippen LogP contribution in [-0.2, 0) is 14.8 Å². The lowest BCUT2D eigenvalue weighted by Crippen LogP contribution is -2.31. The van der Waals surface area contributed by atoms with Crippen molar-refractivity contribution in [1.82, 2.24) is 0 Å². The van der Waals surface area contributed by atoms with Gasteiger partial charge >= 0.3 is 0 Å². The lowest BCUT2D eigenvalue weighted by atomic mass is 10.1. The normalized spacial score (nSPS) is 11.2. The smallest absolute Gasteiger partial charge is 0.232 e. The van der Waals surface area contributed by atoms with Crippen molar-refractivity contribution < 1.29 is 17.6 Å². The number of carbonyl (C=O) groups is 1. The van der Waals surface area contributed by atoms with E-state index in [1.165, 1.54) is 22.5 Å². The van der Waals surface area contributed by atoms with Crippen LogP contribution in [0.2, 0.25) is 0 Å². The number of nitrogens with one attached hydrogen (secondary N) is 1. The first kappa shape index (κ1) is 19.9. The number of anilines is 2. The first-order valence-corrected chi connectivity index (χ1v) is 10.1. The van der Waals surface area contributed by atoms with Crippen molar-refractivity contribution in [3.05, 3.63) is 59.4 Å². The maximum Gasteiger partial charge on any atom is 0.232 e. The molecule has 0 fully saturated rings. The predicted octanol–water partition coefficient (Wildman–Crippen LogP) is 3.63. The van der Waals surface area contributed by atoms with Gasteiger partial charge in [-0.25, -0.2) is 12.8 Å². The summed E-state index contributed by atoms with van der Waals surface area (Å²) in [6.07, 6.45) is 1.63. The molecule has 1 N–H and O–H groups in total. The Morgan fingerprint density at radius 2 is 1.77 bits per heavy atom. The molecule has 140 valence electrons. The summed E-state index contributed by atoms with van der Waals surface area (Å²) < 4.78 is 38.7. The second-order valence-electron chi connectivity index (χ2n) is 6.34. The molecule has 0 aliphatic rings. The molecular weight excluding hydrogens is 355 g/mol. The summed E-state index contributed by atoms with van der Waals surface area (Å²) in [5.74, 6) is -0.717. The van der Waals surface area contributed by atoms with E-state index in [0.717, 1.165) is 17.4 Å². The van der Waals surface area contributed by atoms with E-state index in [1.807, 2.05) is 19.9 Å². The van der Waals surface area contributed by atoms with Gasteiger partial charge in [0.25, 0.3) is 0 Å². The molecule has 7 heteroatoms. The number of hydrogen-bond donors (Lipinski definition) is 1. The molecule has 0 aromatic heterocycles. The summed E-state index contributed by atoms with van der Waals surface area (Å²) in [6, 6.07) is 11.2. The maximum atomic E-state index is 13.1. The zero-order valence-electron chi connectivity index (χ0n) is 15.1. The van der Waals surface area contributed by atoms with E-state index >= 15 is 0 Å². The summed E-state index contributed by atoms with van der Waals surface area (Å²) in [6.45, 7) is 4.01. The fourth-order valence-electron chi connectivity index (χ4n) is 2.75. The Bertz CT molecular complexity index is 877. The standard InChI is InChI=1S/C19H23FN2O3S/c1-14-10-15(2)12-18(11-14)22(26(3,24)25)9-5-8-19(23)21-17-7-4-6-16(20)13-17/h4,6-7,10-13H,5,8-9H2,1-3H3,(H,21,23). The molecule has 0 saturated carbocycles. The number of amides is 1. The number of nitrogens with zero attached hydrogens (tertiary/aromatic N) is 1. The average molecular weight is 378 g/mol. The fourth-order valence-corrected chi connectivity index (χ4v) is 3.70. The Morgan fingerprint density at radius 1 is 1.12 bits per heavy atom. The third-order valence-corrected chi connectivity index (χ3v) is 4.96. The molecular formula is C19H23FN2O3S. The van der Waals surface area contributed by atoms with Gasteiger partial charge in [-0.1, -0.05) is 12.1 Å². The van der Waals surface area contributed by atoms with Crippen molar-refractivity contribution in [2.45, 2.75) is 26.7 Å². The Morgan fingerprint density at radius 3 is 2.35 bits per heavy atom. The van der Waals surface area contributed by atoms with Crippen LogP contribution in [0.25, 0.3) is 0 Å². The number of halogens is 1. The van der Waals surface area contributed by atoms with Crippen LogP contribution in [0.1, 0.15) is 24.0 Å². The van der Waals surface area contributed by atoms with Crippen LogP contribution in [0.15, 0.2) is 42.5 Å². The minimum absolute atomic E-state index is 0.132. The summed E-state index contributed by atoms with van der Waals surface area (Å²) in [5, 5.41) is 2.61. The fraction of sp³-hybridized carbons (Fsp3) is 0.316. The van der Waals surface area contributed by atoms with Crippen LogP contribution in [0.4, 0.5) is 15.8 Å². The average Bonchev–Trinajstić information content (AvgIpc) is 2.49. The highest BCUT2D eigenvalue weighted by Gasteiger charge is 2.18. The van der Waals surface area contributed by atoms with Gasteiger partial charge in [-0.15, -0.1) is 0 Å². The number of aryl methyl sites for hydroxylation is 2. The monoisotopic (exact) mass is 378 g/mol. The molecule has 0 aliphatic carbocycles. The van der Waals surface area contributed by atoms with Gasteiger partial charge in [0.05, 0.1) is 11.9 Å². The molecule has 26 heavy (non-hydrogen) atoms. The highest BCUT2D eigenvalue weighted by Crippen LogP contribution is 2.22. The molecule has 2 aromatic rings. The minimum Gasteiger partial charge on any atom is -0.326 e. The number of carbonyl (C=O) groups excluding carboxylic acids is 1. The number of hydrogen-bond acceptors (Lipinski definition) is 3. The van der Waals surface area contributed by atoms with Crippen molar-refractivity contribution in [1.29, 1.82) is 0 Å². The van der Waals surface area contributed by atoms with E-state index in [4.69, 9.17) is 0 Å². The van der Waals surface area contributed by atoms with E-state index in [-0.39, 0.29) is 18.9 Å². The predicted molar refractivity (Wildman–Crippen MR) is 102 cm³/mol. The molecule has 0 spiro atoms. The zero-order valence-corrected chi connectivity index (χ0v) is 15.9. The van der Waals surface area contributed by atoms with Crippen LogP contribution in [0, 0.1) is 19.7 Å². The lowest BCUT2D eigenvalue weighted by molar-refractivity contribution is -0.116. The zero-order chi connectivity index (χ0) is 19.3. The van der Waals surface area contributed by atoms with Crippen molar-refractivity contribution in [2.24, 2.45) is 0 Å². The highest BCUT2D eigenvalue weighted by molar-refractivity contribution is 7.92. The topological polar surface area (TPSA) is 66.5 Å². The minimum atomic E-state index is -3.46. The molecule has 0 radical (unpaired) electrons. The van der Waals surface area contributed by atoms with Crippen molar-refractivity contribution in [2.75, 3.05) is 22.4 Å². The van der Waals surface area contributed by atoms with Gasteiger partial charge in [-0.05, 0) is 61.7 Å². The van der Waals surface area contributed by atoms with Crippen molar-refractivity contribution in [3.63, 3.8) is 0 Å². The molecule has 0 saturated heterocycles. The lowest BCUT2D eigenvalue weighted by Gasteiger charge is -2.23.